The summed E-state index contributed by atoms with van der Waals surface area (Å²) in [6.45, 7) is 6.05. The molecule has 1 aromatic heterocycles. The summed E-state index contributed by atoms with van der Waals surface area (Å²) < 4.78 is 7.45. The summed E-state index contributed by atoms with van der Waals surface area (Å²) in [4.78, 5) is 4.71. The van der Waals surface area contributed by atoms with Crippen LogP contribution in [0.4, 0.5) is 0 Å². The van der Waals surface area contributed by atoms with Gasteiger partial charge in [-0.3, -0.25) is 0 Å². The topological polar surface area (TPSA) is 27.1 Å². The van der Waals surface area contributed by atoms with Crippen LogP contribution in [0.1, 0.15) is 19.7 Å². The molecule has 2 rings (SSSR count). The lowest BCUT2D eigenvalue weighted by Crippen LogP contribution is -2.10. The van der Waals surface area contributed by atoms with Crippen molar-refractivity contribution in [1.82, 2.24) is 9.55 Å². The zero-order valence-electron chi connectivity index (χ0n) is 10.8. The average Bonchev–Trinajstić information content (AvgIpc) is 2.63. The molecule has 2 aromatic rings. The van der Waals surface area contributed by atoms with E-state index >= 15 is 0 Å². The van der Waals surface area contributed by atoms with E-state index in [0.717, 1.165) is 25.1 Å². The highest BCUT2D eigenvalue weighted by Gasteiger charge is 2.11. The Kier molecular flexibility index (Phi) is 3.79. The third-order valence-electron chi connectivity index (χ3n) is 2.84. The van der Waals surface area contributed by atoms with Crippen molar-refractivity contribution < 1.29 is 4.74 Å². The van der Waals surface area contributed by atoms with Crippen LogP contribution < -0.4 is 0 Å². The maximum atomic E-state index is 5.18. The summed E-state index contributed by atoms with van der Waals surface area (Å²) in [7, 11) is 1.74. The summed E-state index contributed by atoms with van der Waals surface area (Å²) >= 11 is 0. The molecule has 0 fully saturated rings. The fourth-order valence-electron chi connectivity index (χ4n) is 2.08. The first-order chi connectivity index (χ1) is 8.22. The van der Waals surface area contributed by atoms with E-state index in [2.05, 4.69) is 36.6 Å². The molecular weight excluding hydrogens is 212 g/mol. The highest BCUT2D eigenvalue weighted by atomic mass is 16.5. The van der Waals surface area contributed by atoms with Gasteiger partial charge in [-0.25, -0.2) is 4.98 Å². The zero-order valence-corrected chi connectivity index (χ0v) is 10.8. The fraction of sp³-hybridized carbons (Fsp3) is 0.500. The maximum Gasteiger partial charge on any atom is 0.110 e. The molecule has 0 atom stereocenters. The number of methoxy groups -OCH3 is 1. The molecule has 1 aromatic carbocycles. The van der Waals surface area contributed by atoms with Gasteiger partial charge in [-0.1, -0.05) is 26.0 Å². The van der Waals surface area contributed by atoms with Crippen molar-refractivity contribution in [2.75, 3.05) is 13.7 Å². The Balaban J connectivity index is 2.41. The van der Waals surface area contributed by atoms with Crippen molar-refractivity contribution in [3.8, 4) is 0 Å². The predicted molar refractivity (Wildman–Crippen MR) is 70.2 cm³/mol. The number of hydrogen-bond donors (Lipinski definition) is 0. The highest BCUT2D eigenvalue weighted by Crippen LogP contribution is 2.18. The van der Waals surface area contributed by atoms with Gasteiger partial charge in [-0.2, -0.15) is 0 Å². The van der Waals surface area contributed by atoms with E-state index in [1.54, 1.807) is 7.11 Å². The van der Waals surface area contributed by atoms with Crippen molar-refractivity contribution in [3.05, 3.63) is 30.1 Å². The highest BCUT2D eigenvalue weighted by molar-refractivity contribution is 5.75. The minimum atomic E-state index is 0.619. The Hall–Kier alpha value is -1.35. The summed E-state index contributed by atoms with van der Waals surface area (Å²) in [6, 6.07) is 8.30. The van der Waals surface area contributed by atoms with E-state index in [1.807, 2.05) is 6.07 Å². The lowest BCUT2D eigenvalue weighted by molar-refractivity contribution is 0.187. The van der Waals surface area contributed by atoms with Crippen molar-refractivity contribution in [3.63, 3.8) is 0 Å². The Bertz CT molecular complexity index is 488. The van der Waals surface area contributed by atoms with Crippen LogP contribution in [0, 0.1) is 5.92 Å². The van der Waals surface area contributed by atoms with Crippen LogP contribution in [0.5, 0.6) is 0 Å². The van der Waals surface area contributed by atoms with E-state index in [4.69, 9.17) is 9.72 Å². The number of fused-ring (bicyclic) bond motifs is 1. The van der Waals surface area contributed by atoms with Crippen LogP contribution >= 0.6 is 0 Å². The summed E-state index contributed by atoms with van der Waals surface area (Å²) in [5, 5.41) is 0. The number of benzene rings is 1. The minimum Gasteiger partial charge on any atom is -0.383 e. The molecule has 0 spiro atoms. The van der Waals surface area contributed by atoms with Crippen LogP contribution in [0.25, 0.3) is 11.0 Å². The Morgan fingerprint density at radius 2 is 2.06 bits per heavy atom. The van der Waals surface area contributed by atoms with Gasteiger partial charge in [0.15, 0.2) is 0 Å². The number of hydrogen-bond acceptors (Lipinski definition) is 2. The van der Waals surface area contributed by atoms with Crippen LogP contribution in [0.2, 0.25) is 0 Å². The van der Waals surface area contributed by atoms with Gasteiger partial charge in [0.05, 0.1) is 17.6 Å². The van der Waals surface area contributed by atoms with Crippen LogP contribution in [0.3, 0.4) is 0 Å². The molecule has 0 amide bonds. The van der Waals surface area contributed by atoms with Gasteiger partial charge < -0.3 is 9.30 Å². The molecule has 17 heavy (non-hydrogen) atoms. The number of para-hydroxylation sites is 2. The Morgan fingerprint density at radius 3 is 2.76 bits per heavy atom. The fourth-order valence-corrected chi connectivity index (χ4v) is 2.08. The van der Waals surface area contributed by atoms with Crippen molar-refractivity contribution >= 4 is 11.0 Å². The van der Waals surface area contributed by atoms with Crippen LogP contribution in [0.15, 0.2) is 24.3 Å². The van der Waals surface area contributed by atoms with Crippen molar-refractivity contribution in [1.29, 1.82) is 0 Å². The largest absolute Gasteiger partial charge is 0.383 e. The number of rotatable bonds is 5. The molecule has 0 radical (unpaired) electrons. The second kappa shape index (κ2) is 5.32. The number of nitrogens with zero attached hydrogens (tertiary/aromatic N) is 2. The monoisotopic (exact) mass is 232 g/mol. The molecule has 0 N–H and O–H groups in total. The Morgan fingerprint density at radius 1 is 1.29 bits per heavy atom. The third kappa shape index (κ3) is 2.67. The molecular formula is C14H20N2O. The van der Waals surface area contributed by atoms with E-state index in [1.165, 1.54) is 11.3 Å². The molecule has 0 saturated carbocycles. The van der Waals surface area contributed by atoms with Crippen molar-refractivity contribution in [2.24, 2.45) is 5.92 Å². The SMILES string of the molecule is COCCn1c(CC(C)C)nc2ccccc21. The molecule has 0 unspecified atom stereocenters. The smallest absolute Gasteiger partial charge is 0.110 e. The van der Waals surface area contributed by atoms with E-state index in [-0.39, 0.29) is 0 Å². The van der Waals surface area contributed by atoms with Crippen molar-refractivity contribution in [2.45, 2.75) is 26.8 Å². The second-order valence-electron chi connectivity index (χ2n) is 4.76. The molecule has 0 saturated heterocycles. The quantitative estimate of drug-likeness (QED) is 0.792. The summed E-state index contributed by atoms with van der Waals surface area (Å²) in [5.74, 6) is 1.78. The number of ether oxygens (including phenoxy) is 1. The molecule has 92 valence electrons. The molecule has 3 nitrogen and oxygen atoms in total. The predicted octanol–water partition coefficient (Wildman–Crippen LogP) is 2.88. The number of imidazole rings is 1. The van der Waals surface area contributed by atoms with Crippen LogP contribution in [-0.4, -0.2) is 23.3 Å². The van der Waals surface area contributed by atoms with Gasteiger partial charge in [-0.05, 0) is 18.1 Å². The average molecular weight is 232 g/mol. The van der Waals surface area contributed by atoms with E-state index in [0.29, 0.717) is 5.92 Å². The lowest BCUT2D eigenvalue weighted by atomic mass is 10.1. The second-order valence-corrected chi connectivity index (χ2v) is 4.76. The molecule has 0 aliphatic heterocycles. The molecule has 0 aliphatic carbocycles. The lowest BCUT2D eigenvalue weighted by Gasteiger charge is -2.10. The summed E-state index contributed by atoms with van der Waals surface area (Å²) in [5.41, 5.74) is 2.29. The van der Waals surface area contributed by atoms with Crippen LogP contribution in [-0.2, 0) is 17.7 Å². The van der Waals surface area contributed by atoms with Gasteiger partial charge in [0.1, 0.15) is 5.82 Å². The van der Waals surface area contributed by atoms with Gasteiger partial charge in [0.25, 0.3) is 0 Å². The van der Waals surface area contributed by atoms with Gasteiger partial charge >= 0.3 is 0 Å². The van der Waals surface area contributed by atoms with Gasteiger partial charge in [0.2, 0.25) is 0 Å². The third-order valence-corrected chi connectivity index (χ3v) is 2.84. The maximum absolute atomic E-state index is 5.18. The van der Waals surface area contributed by atoms with E-state index in [9.17, 15) is 0 Å². The molecule has 3 heteroatoms. The van der Waals surface area contributed by atoms with E-state index < -0.39 is 0 Å². The normalized spacial score (nSPS) is 11.5. The standard InChI is InChI=1S/C14H20N2O/c1-11(2)10-14-15-12-6-4-5-7-13(12)16(14)8-9-17-3/h4-7,11H,8-10H2,1-3H3. The van der Waals surface area contributed by atoms with Gasteiger partial charge in [-0.15, -0.1) is 0 Å². The zero-order chi connectivity index (χ0) is 12.3. The first-order valence-electron chi connectivity index (χ1n) is 6.15. The molecule has 0 aliphatic rings. The number of aromatic nitrogens is 2. The first-order valence-corrected chi connectivity index (χ1v) is 6.15. The Labute approximate surface area is 102 Å². The molecule has 1 heterocycles. The molecule has 0 bridgehead atoms. The van der Waals surface area contributed by atoms with Gasteiger partial charge in [0, 0.05) is 20.1 Å². The minimum absolute atomic E-state index is 0.619. The first kappa shape index (κ1) is 12.1. The summed E-state index contributed by atoms with van der Waals surface area (Å²) in [6.07, 6.45) is 1.01.